The van der Waals surface area contributed by atoms with E-state index in [-0.39, 0.29) is 0 Å². The van der Waals surface area contributed by atoms with Crippen molar-refractivity contribution in [1.29, 1.82) is 0 Å². The van der Waals surface area contributed by atoms with E-state index in [2.05, 4.69) is 50.9 Å². The number of rotatable bonds is 5. The second-order valence-electron chi connectivity index (χ2n) is 5.26. The molecule has 0 bridgehead atoms. The maximum absolute atomic E-state index is 10.8. The van der Waals surface area contributed by atoms with Crippen LogP contribution in [0.5, 0.6) is 0 Å². The van der Waals surface area contributed by atoms with Gasteiger partial charge in [-0.3, -0.25) is 0 Å². The summed E-state index contributed by atoms with van der Waals surface area (Å²) in [6.45, 7) is 8.44. The van der Waals surface area contributed by atoms with Gasteiger partial charge in [-0.05, 0) is 36.8 Å². The second kappa shape index (κ2) is 5.38. The summed E-state index contributed by atoms with van der Waals surface area (Å²) >= 11 is 0. The summed E-state index contributed by atoms with van der Waals surface area (Å²) < 4.78 is 0. The van der Waals surface area contributed by atoms with Crippen molar-refractivity contribution in [3.8, 4) is 0 Å². The Balaban J connectivity index is 2.75. The molecule has 1 heterocycles. The Hall–Kier alpha value is -1.28. The Morgan fingerprint density at radius 3 is 2.26 bits per heavy atom. The highest BCUT2D eigenvalue weighted by atomic mass is 16.3. The Bertz CT molecular complexity index is 564. The lowest BCUT2D eigenvalue weighted by molar-refractivity contribution is 0.0239. The lowest BCUT2D eigenvalue weighted by Crippen LogP contribution is -2.25. The number of benzene rings is 1. The van der Waals surface area contributed by atoms with Crippen molar-refractivity contribution in [3.63, 3.8) is 0 Å². The Morgan fingerprint density at radius 1 is 1.05 bits per heavy atom. The fraction of sp³-hybridized carbons (Fsp3) is 0.529. The monoisotopic (exact) mass is 259 g/mol. The standard InChI is InChI=1S/C17H25NO/c1-5-12-10-9-11-14-13(6-2)16(18-15(12)14)17(19,7-3)8-4/h9-11,18-19H,5-8H2,1-4H3. The summed E-state index contributed by atoms with van der Waals surface area (Å²) in [5.74, 6) is 0. The van der Waals surface area contributed by atoms with Crippen LogP contribution >= 0.6 is 0 Å². The van der Waals surface area contributed by atoms with E-state index in [0.29, 0.717) is 0 Å². The molecule has 104 valence electrons. The first-order valence-corrected chi connectivity index (χ1v) is 7.46. The van der Waals surface area contributed by atoms with Crippen LogP contribution in [0, 0.1) is 0 Å². The van der Waals surface area contributed by atoms with E-state index in [1.807, 2.05) is 0 Å². The highest BCUT2D eigenvalue weighted by molar-refractivity contribution is 5.87. The zero-order valence-corrected chi connectivity index (χ0v) is 12.5. The van der Waals surface area contributed by atoms with Gasteiger partial charge in [-0.25, -0.2) is 0 Å². The number of hydrogen-bond acceptors (Lipinski definition) is 1. The molecule has 2 aromatic rings. The molecule has 2 rings (SSSR count). The molecule has 2 N–H and O–H groups in total. The maximum atomic E-state index is 10.8. The topological polar surface area (TPSA) is 36.0 Å². The minimum atomic E-state index is -0.727. The van der Waals surface area contributed by atoms with Crippen LogP contribution in [0.1, 0.15) is 57.4 Å². The third-order valence-electron chi connectivity index (χ3n) is 4.40. The van der Waals surface area contributed by atoms with Gasteiger partial charge in [0.2, 0.25) is 0 Å². The highest BCUT2D eigenvalue weighted by Gasteiger charge is 2.30. The largest absolute Gasteiger partial charge is 0.384 e. The second-order valence-corrected chi connectivity index (χ2v) is 5.26. The Labute approximate surface area is 115 Å². The predicted molar refractivity (Wildman–Crippen MR) is 81.5 cm³/mol. The number of aromatic nitrogens is 1. The van der Waals surface area contributed by atoms with Gasteiger partial charge in [0.25, 0.3) is 0 Å². The summed E-state index contributed by atoms with van der Waals surface area (Å²) in [6.07, 6.45) is 3.44. The highest BCUT2D eigenvalue weighted by Crippen LogP contribution is 2.36. The van der Waals surface area contributed by atoms with Gasteiger partial charge in [-0.15, -0.1) is 0 Å². The quantitative estimate of drug-likeness (QED) is 0.825. The first kappa shape index (κ1) is 14.1. The molecule has 0 saturated heterocycles. The summed E-state index contributed by atoms with van der Waals surface area (Å²) in [6, 6.07) is 6.45. The fourth-order valence-electron chi connectivity index (χ4n) is 3.00. The number of aromatic amines is 1. The number of aliphatic hydroxyl groups is 1. The van der Waals surface area contributed by atoms with Crippen molar-refractivity contribution in [1.82, 2.24) is 4.98 Å². The number of hydrogen-bond donors (Lipinski definition) is 2. The molecule has 0 fully saturated rings. The van der Waals surface area contributed by atoms with E-state index in [9.17, 15) is 5.11 Å². The molecule has 0 saturated carbocycles. The van der Waals surface area contributed by atoms with Crippen LogP contribution in [0.4, 0.5) is 0 Å². The first-order chi connectivity index (χ1) is 9.11. The molecular weight excluding hydrogens is 234 g/mol. The Morgan fingerprint density at radius 2 is 1.74 bits per heavy atom. The average molecular weight is 259 g/mol. The molecule has 2 nitrogen and oxygen atoms in total. The van der Waals surface area contributed by atoms with E-state index in [4.69, 9.17) is 0 Å². The lowest BCUT2D eigenvalue weighted by atomic mass is 9.89. The summed E-state index contributed by atoms with van der Waals surface area (Å²) in [5.41, 5.74) is 4.10. The predicted octanol–water partition coefficient (Wildman–Crippen LogP) is 4.30. The number of nitrogens with one attached hydrogen (secondary N) is 1. The molecule has 0 aliphatic carbocycles. The van der Waals surface area contributed by atoms with Crippen LogP contribution in [0.15, 0.2) is 18.2 Å². The number of para-hydroxylation sites is 1. The number of H-pyrrole nitrogens is 1. The molecule has 0 aliphatic heterocycles. The van der Waals surface area contributed by atoms with E-state index < -0.39 is 5.60 Å². The molecule has 0 radical (unpaired) electrons. The van der Waals surface area contributed by atoms with Crippen molar-refractivity contribution < 1.29 is 5.11 Å². The molecule has 0 spiro atoms. The van der Waals surface area contributed by atoms with Crippen molar-refractivity contribution in [2.45, 2.75) is 59.0 Å². The normalized spacial score (nSPS) is 12.3. The molecule has 2 heteroatoms. The van der Waals surface area contributed by atoms with Gasteiger partial charge < -0.3 is 10.1 Å². The fourth-order valence-corrected chi connectivity index (χ4v) is 3.00. The SMILES string of the molecule is CCc1c(C(O)(CC)CC)[nH]c2c(CC)cccc12. The first-order valence-electron chi connectivity index (χ1n) is 7.46. The Kier molecular flexibility index (Phi) is 4.00. The molecule has 1 aromatic heterocycles. The zero-order valence-electron chi connectivity index (χ0n) is 12.5. The van der Waals surface area contributed by atoms with Crippen LogP contribution in [-0.4, -0.2) is 10.1 Å². The molecule has 1 aromatic carbocycles. The van der Waals surface area contributed by atoms with Gasteiger partial charge in [-0.1, -0.05) is 45.9 Å². The summed E-state index contributed by atoms with van der Waals surface area (Å²) in [5, 5.41) is 12.1. The molecule has 0 unspecified atom stereocenters. The van der Waals surface area contributed by atoms with Crippen LogP contribution in [0.3, 0.4) is 0 Å². The van der Waals surface area contributed by atoms with Gasteiger partial charge >= 0.3 is 0 Å². The average Bonchev–Trinajstić information content (AvgIpc) is 2.85. The summed E-state index contributed by atoms with van der Waals surface area (Å²) in [7, 11) is 0. The molecule has 0 aliphatic rings. The van der Waals surface area contributed by atoms with Crippen molar-refractivity contribution in [3.05, 3.63) is 35.0 Å². The minimum absolute atomic E-state index is 0.727. The van der Waals surface area contributed by atoms with Crippen molar-refractivity contribution in [2.75, 3.05) is 0 Å². The molecular formula is C17H25NO. The summed E-state index contributed by atoms with van der Waals surface area (Å²) in [4.78, 5) is 3.53. The zero-order chi connectivity index (χ0) is 14.0. The molecule has 19 heavy (non-hydrogen) atoms. The third kappa shape index (κ3) is 2.18. The van der Waals surface area contributed by atoms with Crippen molar-refractivity contribution >= 4 is 10.9 Å². The number of fused-ring (bicyclic) bond motifs is 1. The van der Waals surface area contributed by atoms with E-state index >= 15 is 0 Å². The molecule has 0 amide bonds. The smallest absolute Gasteiger partial charge is 0.104 e. The van der Waals surface area contributed by atoms with Crippen LogP contribution in [-0.2, 0) is 18.4 Å². The van der Waals surface area contributed by atoms with Gasteiger partial charge in [0.05, 0.1) is 5.69 Å². The molecule has 0 atom stereocenters. The van der Waals surface area contributed by atoms with Gasteiger partial charge in [-0.2, -0.15) is 0 Å². The maximum Gasteiger partial charge on any atom is 0.104 e. The van der Waals surface area contributed by atoms with Crippen LogP contribution in [0.25, 0.3) is 10.9 Å². The van der Waals surface area contributed by atoms with Gasteiger partial charge in [0, 0.05) is 10.9 Å². The van der Waals surface area contributed by atoms with E-state index in [1.165, 1.54) is 22.0 Å². The van der Waals surface area contributed by atoms with E-state index in [1.54, 1.807) is 0 Å². The third-order valence-corrected chi connectivity index (χ3v) is 4.40. The van der Waals surface area contributed by atoms with Crippen molar-refractivity contribution in [2.24, 2.45) is 0 Å². The van der Waals surface area contributed by atoms with Gasteiger partial charge in [0.1, 0.15) is 5.60 Å². The lowest BCUT2D eigenvalue weighted by Gasteiger charge is -2.25. The van der Waals surface area contributed by atoms with Crippen LogP contribution in [0.2, 0.25) is 0 Å². The minimum Gasteiger partial charge on any atom is -0.384 e. The van der Waals surface area contributed by atoms with E-state index in [0.717, 1.165) is 31.4 Å². The van der Waals surface area contributed by atoms with Crippen LogP contribution < -0.4 is 0 Å². The van der Waals surface area contributed by atoms with Gasteiger partial charge in [0.15, 0.2) is 0 Å². The number of aryl methyl sites for hydroxylation is 2.